The van der Waals surface area contributed by atoms with E-state index in [2.05, 4.69) is 21.3 Å². The maximum atomic E-state index is 11.4. The number of thioether (sulfide) groups is 1. The number of carbonyl (C=O) groups excluding carboxylic acids is 1. The number of methoxy groups -OCH3 is 1. The number of nitrogens with one attached hydrogen (secondary N) is 1. The predicted octanol–water partition coefficient (Wildman–Crippen LogP) is 3.29. The van der Waals surface area contributed by atoms with Crippen molar-refractivity contribution in [2.24, 2.45) is 0 Å². The smallest absolute Gasteiger partial charge is 0.221 e. The van der Waals surface area contributed by atoms with Gasteiger partial charge >= 0.3 is 0 Å². The van der Waals surface area contributed by atoms with Gasteiger partial charge in [-0.2, -0.15) is 0 Å². The van der Waals surface area contributed by atoms with Gasteiger partial charge in [-0.3, -0.25) is 9.78 Å². The summed E-state index contributed by atoms with van der Waals surface area (Å²) in [5, 5.41) is 2.94. The van der Waals surface area contributed by atoms with Gasteiger partial charge in [-0.15, -0.1) is 0 Å². The number of ether oxygens (including phenoxy) is 1. The number of nitrogens with zero attached hydrogens (tertiary/aromatic N) is 2. The van der Waals surface area contributed by atoms with Crippen LogP contribution in [0.3, 0.4) is 0 Å². The normalized spacial score (nSPS) is 16.3. The van der Waals surface area contributed by atoms with E-state index in [1.165, 1.54) is 11.8 Å². The molecule has 1 aliphatic rings. The zero-order chi connectivity index (χ0) is 15.7. The molecule has 1 N–H and O–H groups in total. The van der Waals surface area contributed by atoms with E-state index in [0.29, 0.717) is 0 Å². The molecule has 1 aromatic carbocycles. The van der Waals surface area contributed by atoms with E-state index in [1.54, 1.807) is 25.1 Å². The highest BCUT2D eigenvalue weighted by atomic mass is 32.2. The van der Waals surface area contributed by atoms with E-state index in [4.69, 9.17) is 4.74 Å². The third-order valence-corrected chi connectivity index (χ3v) is 4.96. The summed E-state index contributed by atoms with van der Waals surface area (Å²) in [6.07, 6.45) is 3.49. The molecule has 1 unspecified atom stereocenters. The number of hydrogen-bond donors (Lipinski definition) is 1. The molecule has 0 saturated heterocycles. The molecule has 0 fully saturated rings. The van der Waals surface area contributed by atoms with E-state index in [0.717, 1.165) is 22.7 Å². The molecule has 5 nitrogen and oxygen atoms in total. The molecule has 0 aliphatic carbocycles. The van der Waals surface area contributed by atoms with Gasteiger partial charge in [0, 0.05) is 48.6 Å². The van der Waals surface area contributed by atoms with Gasteiger partial charge in [-0.25, -0.2) is 0 Å². The first-order valence-electron chi connectivity index (χ1n) is 6.89. The summed E-state index contributed by atoms with van der Waals surface area (Å²) in [5.74, 6) is 0.748. The van der Waals surface area contributed by atoms with E-state index in [1.807, 2.05) is 31.4 Å². The predicted molar refractivity (Wildman–Crippen MR) is 88.5 cm³/mol. The highest BCUT2D eigenvalue weighted by Crippen LogP contribution is 2.52. The van der Waals surface area contributed by atoms with Crippen molar-refractivity contribution in [2.75, 3.05) is 24.4 Å². The fraction of sp³-hybridized carbons (Fsp3) is 0.250. The SMILES string of the molecule is COc1ccc2c(c1)N(C)C(c1cnccc1NC(C)=O)S2. The van der Waals surface area contributed by atoms with Gasteiger partial charge in [0.1, 0.15) is 11.1 Å². The standard InChI is InChI=1S/C16H17N3O2S/c1-10(20)18-13-6-7-17-9-12(13)16-19(2)14-8-11(21-3)4-5-15(14)22-16/h4-9,16H,1-3H3,(H,17,18,20). The van der Waals surface area contributed by atoms with Crippen molar-refractivity contribution in [3.63, 3.8) is 0 Å². The van der Waals surface area contributed by atoms with Crippen LogP contribution in [0.4, 0.5) is 11.4 Å². The second-order valence-corrected chi connectivity index (χ2v) is 6.18. The number of benzene rings is 1. The van der Waals surface area contributed by atoms with E-state index in [9.17, 15) is 4.79 Å². The monoisotopic (exact) mass is 315 g/mol. The van der Waals surface area contributed by atoms with Crippen LogP contribution in [0.15, 0.2) is 41.6 Å². The molecule has 2 aromatic rings. The molecule has 1 amide bonds. The maximum absolute atomic E-state index is 11.4. The zero-order valence-electron chi connectivity index (χ0n) is 12.7. The fourth-order valence-corrected chi connectivity index (χ4v) is 3.80. The zero-order valence-corrected chi connectivity index (χ0v) is 13.5. The van der Waals surface area contributed by atoms with Gasteiger partial charge < -0.3 is 15.0 Å². The second kappa shape index (κ2) is 5.88. The topological polar surface area (TPSA) is 54.5 Å². The van der Waals surface area contributed by atoms with Gasteiger partial charge in [-0.05, 0) is 18.2 Å². The first-order chi connectivity index (χ1) is 10.6. The van der Waals surface area contributed by atoms with Crippen molar-refractivity contribution in [3.8, 4) is 5.75 Å². The van der Waals surface area contributed by atoms with Crippen LogP contribution in [0.2, 0.25) is 0 Å². The van der Waals surface area contributed by atoms with Crippen LogP contribution in [-0.2, 0) is 4.79 Å². The summed E-state index contributed by atoms with van der Waals surface area (Å²) in [6, 6.07) is 7.87. The third kappa shape index (κ3) is 2.62. The van der Waals surface area contributed by atoms with Gasteiger partial charge in [0.2, 0.25) is 5.91 Å². The van der Waals surface area contributed by atoms with Crippen molar-refractivity contribution in [1.82, 2.24) is 4.98 Å². The maximum Gasteiger partial charge on any atom is 0.221 e. The van der Waals surface area contributed by atoms with Crippen molar-refractivity contribution in [1.29, 1.82) is 0 Å². The highest BCUT2D eigenvalue weighted by molar-refractivity contribution is 8.00. The summed E-state index contributed by atoms with van der Waals surface area (Å²) < 4.78 is 5.30. The Morgan fingerprint density at radius 2 is 2.23 bits per heavy atom. The molecule has 0 saturated carbocycles. The van der Waals surface area contributed by atoms with Crippen molar-refractivity contribution < 1.29 is 9.53 Å². The van der Waals surface area contributed by atoms with Crippen LogP contribution < -0.4 is 15.0 Å². The van der Waals surface area contributed by atoms with E-state index < -0.39 is 0 Å². The fourth-order valence-electron chi connectivity index (χ4n) is 2.50. The molecule has 0 radical (unpaired) electrons. The molecular formula is C16H17N3O2S. The lowest BCUT2D eigenvalue weighted by Gasteiger charge is -2.23. The number of aromatic nitrogens is 1. The Kier molecular flexibility index (Phi) is 3.94. The van der Waals surface area contributed by atoms with Crippen LogP contribution in [0.25, 0.3) is 0 Å². The Hall–Kier alpha value is -2.21. The van der Waals surface area contributed by atoms with Crippen molar-refractivity contribution in [3.05, 3.63) is 42.2 Å². The Morgan fingerprint density at radius 3 is 2.95 bits per heavy atom. The lowest BCUT2D eigenvalue weighted by atomic mass is 10.2. The van der Waals surface area contributed by atoms with Crippen LogP contribution in [0, 0.1) is 0 Å². The lowest BCUT2D eigenvalue weighted by molar-refractivity contribution is -0.114. The van der Waals surface area contributed by atoms with Crippen LogP contribution >= 0.6 is 11.8 Å². The molecular weight excluding hydrogens is 298 g/mol. The minimum absolute atomic E-state index is 0.0673. The summed E-state index contributed by atoms with van der Waals surface area (Å²) >= 11 is 1.74. The largest absolute Gasteiger partial charge is 0.497 e. The molecule has 0 spiro atoms. The molecule has 3 rings (SSSR count). The summed E-state index contributed by atoms with van der Waals surface area (Å²) in [5.41, 5.74) is 2.90. The van der Waals surface area contributed by atoms with Gasteiger partial charge in [-0.1, -0.05) is 11.8 Å². The molecule has 1 aromatic heterocycles. The number of rotatable bonds is 3. The third-order valence-electron chi connectivity index (χ3n) is 3.57. The van der Waals surface area contributed by atoms with Gasteiger partial charge in [0.05, 0.1) is 12.8 Å². The Bertz CT molecular complexity index is 720. The summed E-state index contributed by atoms with van der Waals surface area (Å²) in [6.45, 7) is 1.51. The molecule has 0 bridgehead atoms. The quantitative estimate of drug-likeness (QED) is 0.942. The van der Waals surface area contributed by atoms with Crippen LogP contribution in [0.1, 0.15) is 17.9 Å². The number of pyridine rings is 1. The van der Waals surface area contributed by atoms with Crippen LogP contribution in [-0.4, -0.2) is 25.0 Å². The number of hydrogen-bond acceptors (Lipinski definition) is 5. The Morgan fingerprint density at radius 1 is 1.41 bits per heavy atom. The van der Waals surface area contributed by atoms with Gasteiger partial charge in [0.25, 0.3) is 0 Å². The Balaban J connectivity index is 1.96. The minimum Gasteiger partial charge on any atom is -0.497 e. The molecule has 22 heavy (non-hydrogen) atoms. The molecule has 114 valence electrons. The van der Waals surface area contributed by atoms with E-state index in [-0.39, 0.29) is 11.3 Å². The number of anilines is 2. The first kappa shape index (κ1) is 14.7. The molecule has 2 heterocycles. The molecule has 1 aliphatic heterocycles. The molecule has 1 atom stereocenters. The summed E-state index contributed by atoms with van der Waals surface area (Å²) in [4.78, 5) is 19.0. The van der Waals surface area contributed by atoms with E-state index >= 15 is 0 Å². The first-order valence-corrected chi connectivity index (χ1v) is 7.77. The minimum atomic E-state index is -0.0858. The second-order valence-electron chi connectivity index (χ2n) is 5.06. The molecule has 6 heteroatoms. The number of fused-ring (bicyclic) bond motifs is 1. The Labute approximate surface area is 133 Å². The highest BCUT2D eigenvalue weighted by Gasteiger charge is 2.31. The van der Waals surface area contributed by atoms with Crippen molar-refractivity contribution >= 4 is 29.0 Å². The number of carbonyl (C=O) groups is 1. The van der Waals surface area contributed by atoms with Crippen LogP contribution in [0.5, 0.6) is 5.75 Å². The van der Waals surface area contributed by atoms with Crippen molar-refractivity contribution in [2.45, 2.75) is 17.2 Å². The average Bonchev–Trinajstić information content (AvgIpc) is 2.84. The average molecular weight is 315 g/mol. The summed E-state index contributed by atoms with van der Waals surface area (Å²) in [7, 11) is 3.70. The van der Waals surface area contributed by atoms with Gasteiger partial charge in [0.15, 0.2) is 0 Å². The lowest BCUT2D eigenvalue weighted by Crippen LogP contribution is -2.19. The number of amides is 1.